The minimum absolute atomic E-state index is 0.00759. The van der Waals surface area contributed by atoms with E-state index in [1.54, 1.807) is 18.3 Å². The third-order valence-corrected chi connectivity index (χ3v) is 5.83. The van der Waals surface area contributed by atoms with Crippen molar-refractivity contribution in [3.05, 3.63) is 23.9 Å². The molecule has 0 aromatic carbocycles. The van der Waals surface area contributed by atoms with Gasteiger partial charge in [0.1, 0.15) is 11.7 Å². The molecule has 3 fully saturated rings. The van der Waals surface area contributed by atoms with Crippen molar-refractivity contribution in [2.45, 2.75) is 51.0 Å². The number of carbonyl (C=O) groups is 2. The lowest BCUT2D eigenvalue weighted by molar-refractivity contribution is -0.137. The fourth-order valence-electron chi connectivity index (χ4n) is 4.01. The molecule has 1 aromatic rings. The number of carbonyl (C=O) groups excluding carboxylic acids is 2. The molecule has 2 amide bonds. The number of amides is 2. The lowest BCUT2D eigenvalue weighted by atomic mass is 9.84. The molecule has 1 aliphatic carbocycles. The Kier molecular flexibility index (Phi) is 5.09. The Balaban J connectivity index is 1.40. The molecule has 0 radical (unpaired) electrons. The van der Waals surface area contributed by atoms with Gasteiger partial charge in [0, 0.05) is 38.2 Å². The summed E-state index contributed by atoms with van der Waals surface area (Å²) in [6.45, 7) is 2.95. The molecule has 2 aliphatic heterocycles. The summed E-state index contributed by atoms with van der Waals surface area (Å²) in [6, 6.07) is 3.58. The van der Waals surface area contributed by atoms with E-state index in [0.29, 0.717) is 18.0 Å². The summed E-state index contributed by atoms with van der Waals surface area (Å²) in [5, 5.41) is 0. The van der Waals surface area contributed by atoms with Crippen LogP contribution in [-0.2, 0) is 4.79 Å². The number of hydrogen-bond donors (Lipinski definition) is 0. The average molecular weight is 357 g/mol. The van der Waals surface area contributed by atoms with Gasteiger partial charge in [-0.1, -0.05) is 6.42 Å². The van der Waals surface area contributed by atoms with Gasteiger partial charge in [0.05, 0.1) is 6.54 Å². The van der Waals surface area contributed by atoms with Gasteiger partial charge in [0.15, 0.2) is 0 Å². The van der Waals surface area contributed by atoms with Crippen molar-refractivity contribution in [3.8, 4) is 5.88 Å². The highest BCUT2D eigenvalue weighted by Crippen LogP contribution is 2.30. The number of aromatic nitrogens is 1. The van der Waals surface area contributed by atoms with Gasteiger partial charge >= 0.3 is 0 Å². The second-order valence-corrected chi connectivity index (χ2v) is 7.65. The van der Waals surface area contributed by atoms with Gasteiger partial charge in [-0.15, -0.1) is 0 Å². The van der Waals surface area contributed by atoms with Crippen LogP contribution in [0.25, 0.3) is 0 Å². The molecular formula is C20H27N3O3. The number of likely N-dealkylation sites (tertiary alicyclic amines) is 2. The van der Waals surface area contributed by atoms with Gasteiger partial charge in [-0.2, -0.15) is 0 Å². The van der Waals surface area contributed by atoms with Gasteiger partial charge in [-0.05, 0) is 44.2 Å². The molecule has 0 spiro atoms. The number of ether oxygens (including phenoxy) is 1. The Bertz CT molecular complexity index is 668. The Morgan fingerprint density at radius 2 is 1.81 bits per heavy atom. The zero-order valence-electron chi connectivity index (χ0n) is 15.2. The molecule has 1 saturated carbocycles. The molecule has 0 bridgehead atoms. The zero-order chi connectivity index (χ0) is 17.9. The smallest absolute Gasteiger partial charge is 0.259 e. The van der Waals surface area contributed by atoms with Crippen molar-refractivity contribution in [2.24, 2.45) is 5.92 Å². The van der Waals surface area contributed by atoms with Crippen molar-refractivity contribution < 1.29 is 14.3 Å². The van der Waals surface area contributed by atoms with Crippen molar-refractivity contribution in [3.63, 3.8) is 0 Å². The maximum Gasteiger partial charge on any atom is 0.259 e. The zero-order valence-corrected chi connectivity index (χ0v) is 15.2. The predicted molar refractivity (Wildman–Crippen MR) is 96.9 cm³/mol. The van der Waals surface area contributed by atoms with Gasteiger partial charge in [-0.3, -0.25) is 9.59 Å². The van der Waals surface area contributed by atoms with Gasteiger partial charge < -0.3 is 14.5 Å². The summed E-state index contributed by atoms with van der Waals surface area (Å²) in [5.41, 5.74) is 0.540. The first-order valence-electron chi connectivity index (χ1n) is 9.92. The summed E-state index contributed by atoms with van der Waals surface area (Å²) >= 11 is 0. The quantitative estimate of drug-likeness (QED) is 0.831. The predicted octanol–water partition coefficient (Wildman–Crippen LogP) is 2.49. The van der Waals surface area contributed by atoms with Crippen molar-refractivity contribution in [1.29, 1.82) is 0 Å². The van der Waals surface area contributed by atoms with Crippen LogP contribution < -0.4 is 4.74 Å². The standard InChI is InChI=1S/C20H27N3O3/c24-19(15-6-4-7-15)23-13-9-16(14-23)26-18-17(8-5-10-21-18)20(25)22-11-2-1-3-12-22/h5,8,10,15-16H,1-4,6-7,9,11-14H2. The Labute approximate surface area is 154 Å². The highest BCUT2D eigenvalue weighted by molar-refractivity contribution is 5.96. The first-order chi connectivity index (χ1) is 12.7. The molecule has 6 heteroatoms. The lowest BCUT2D eigenvalue weighted by Crippen LogP contribution is -2.38. The van der Waals surface area contributed by atoms with Crippen LogP contribution in [0.2, 0.25) is 0 Å². The summed E-state index contributed by atoms with van der Waals surface area (Å²) < 4.78 is 6.08. The van der Waals surface area contributed by atoms with E-state index in [4.69, 9.17) is 4.74 Å². The molecule has 3 heterocycles. The fourth-order valence-corrected chi connectivity index (χ4v) is 4.01. The number of pyridine rings is 1. The van der Waals surface area contributed by atoms with E-state index in [9.17, 15) is 9.59 Å². The van der Waals surface area contributed by atoms with Crippen molar-refractivity contribution in [2.75, 3.05) is 26.2 Å². The summed E-state index contributed by atoms with van der Waals surface area (Å²) in [7, 11) is 0. The van der Waals surface area contributed by atoms with Gasteiger partial charge in [0.25, 0.3) is 5.91 Å². The Morgan fingerprint density at radius 3 is 2.54 bits per heavy atom. The van der Waals surface area contributed by atoms with Crippen LogP contribution in [-0.4, -0.2) is 58.9 Å². The van der Waals surface area contributed by atoms with Crippen LogP contribution >= 0.6 is 0 Å². The number of piperidine rings is 1. The van der Waals surface area contributed by atoms with E-state index in [2.05, 4.69) is 4.98 Å². The Morgan fingerprint density at radius 1 is 1.00 bits per heavy atom. The minimum Gasteiger partial charge on any atom is -0.472 e. The van der Waals surface area contributed by atoms with E-state index in [1.165, 1.54) is 12.8 Å². The SMILES string of the molecule is O=C(c1cccnc1OC1CCN(C(=O)C2CCC2)C1)N1CCCCC1. The third kappa shape index (κ3) is 3.55. The molecule has 0 N–H and O–H groups in total. The summed E-state index contributed by atoms with van der Waals surface area (Å²) in [4.78, 5) is 33.4. The van der Waals surface area contributed by atoms with Crippen LogP contribution in [0.3, 0.4) is 0 Å². The third-order valence-electron chi connectivity index (χ3n) is 5.83. The largest absolute Gasteiger partial charge is 0.472 e. The van der Waals surface area contributed by atoms with Crippen LogP contribution in [0.15, 0.2) is 18.3 Å². The van der Waals surface area contributed by atoms with Crippen molar-refractivity contribution in [1.82, 2.24) is 14.8 Å². The molecule has 4 rings (SSSR count). The van der Waals surface area contributed by atoms with E-state index in [1.807, 2.05) is 9.80 Å². The minimum atomic E-state index is -0.0816. The highest BCUT2D eigenvalue weighted by Gasteiger charge is 2.35. The molecular weight excluding hydrogens is 330 g/mol. The number of hydrogen-bond acceptors (Lipinski definition) is 4. The molecule has 140 valence electrons. The highest BCUT2D eigenvalue weighted by atomic mass is 16.5. The van der Waals surface area contributed by atoms with Crippen LogP contribution in [0.1, 0.15) is 55.3 Å². The van der Waals surface area contributed by atoms with Crippen LogP contribution in [0.5, 0.6) is 5.88 Å². The molecule has 2 saturated heterocycles. The average Bonchev–Trinajstić information content (AvgIpc) is 3.09. The first-order valence-corrected chi connectivity index (χ1v) is 9.92. The maximum absolute atomic E-state index is 12.8. The van der Waals surface area contributed by atoms with E-state index >= 15 is 0 Å². The van der Waals surface area contributed by atoms with E-state index in [-0.39, 0.29) is 23.8 Å². The van der Waals surface area contributed by atoms with Gasteiger partial charge in [0.2, 0.25) is 11.8 Å². The summed E-state index contributed by atoms with van der Waals surface area (Å²) in [6.07, 6.45) is 8.90. The van der Waals surface area contributed by atoms with Gasteiger partial charge in [-0.25, -0.2) is 4.98 Å². The molecule has 3 aliphatic rings. The van der Waals surface area contributed by atoms with Crippen LogP contribution in [0.4, 0.5) is 0 Å². The van der Waals surface area contributed by atoms with Crippen molar-refractivity contribution >= 4 is 11.8 Å². The molecule has 1 atom stereocenters. The Hall–Kier alpha value is -2.11. The monoisotopic (exact) mass is 357 g/mol. The van der Waals surface area contributed by atoms with Crippen LogP contribution in [0, 0.1) is 5.92 Å². The normalized spacial score (nSPS) is 23.6. The first kappa shape index (κ1) is 17.3. The second kappa shape index (κ2) is 7.64. The molecule has 6 nitrogen and oxygen atoms in total. The number of nitrogens with zero attached hydrogens (tertiary/aromatic N) is 3. The molecule has 1 unspecified atom stereocenters. The van der Waals surface area contributed by atoms with E-state index in [0.717, 1.165) is 51.7 Å². The number of rotatable bonds is 4. The topological polar surface area (TPSA) is 62.7 Å². The second-order valence-electron chi connectivity index (χ2n) is 7.65. The van der Waals surface area contributed by atoms with E-state index < -0.39 is 0 Å². The lowest BCUT2D eigenvalue weighted by Gasteiger charge is -2.29. The molecule has 26 heavy (non-hydrogen) atoms. The maximum atomic E-state index is 12.8. The molecule has 1 aromatic heterocycles. The summed E-state index contributed by atoms with van der Waals surface area (Å²) in [5.74, 6) is 0.909. The fraction of sp³-hybridized carbons (Fsp3) is 0.650.